The third-order valence-electron chi connectivity index (χ3n) is 6.40. The van der Waals surface area contributed by atoms with Crippen LogP contribution in [-0.4, -0.2) is 30.5 Å². The van der Waals surface area contributed by atoms with Gasteiger partial charge in [0.25, 0.3) is 0 Å². The Balaban J connectivity index is 1.38. The van der Waals surface area contributed by atoms with Crippen molar-refractivity contribution < 1.29 is 18.0 Å². The number of aromatic nitrogens is 5. The van der Waals surface area contributed by atoms with Crippen molar-refractivity contribution in [2.24, 2.45) is 0 Å². The maximum atomic E-state index is 13.8. The molecule has 1 N–H and O–H groups in total. The van der Waals surface area contributed by atoms with E-state index in [-0.39, 0.29) is 41.6 Å². The van der Waals surface area contributed by atoms with Crippen LogP contribution in [0.5, 0.6) is 0 Å². The van der Waals surface area contributed by atoms with Crippen LogP contribution < -0.4 is 5.32 Å². The zero-order chi connectivity index (χ0) is 24.9. The lowest BCUT2D eigenvalue weighted by atomic mass is 10.1. The van der Waals surface area contributed by atoms with Crippen LogP contribution in [0.1, 0.15) is 52.7 Å². The van der Waals surface area contributed by atoms with Crippen molar-refractivity contribution >= 4 is 16.9 Å². The predicted molar refractivity (Wildman–Crippen MR) is 124 cm³/mol. The van der Waals surface area contributed by atoms with E-state index in [2.05, 4.69) is 20.5 Å². The first-order chi connectivity index (χ1) is 16.6. The van der Waals surface area contributed by atoms with E-state index in [0.717, 1.165) is 41.5 Å². The number of para-hydroxylation sites is 1. The Morgan fingerprint density at radius 1 is 1.09 bits per heavy atom. The minimum absolute atomic E-state index is 0.0325. The third kappa shape index (κ3) is 4.40. The van der Waals surface area contributed by atoms with Gasteiger partial charge in [-0.3, -0.25) is 4.79 Å². The number of rotatable bonds is 6. The van der Waals surface area contributed by atoms with Gasteiger partial charge in [0.15, 0.2) is 5.65 Å². The molecular weight excluding hydrogens is 457 g/mol. The highest BCUT2D eigenvalue weighted by Crippen LogP contribution is 2.43. The minimum atomic E-state index is -4.53. The molecule has 0 bridgehead atoms. The molecule has 1 amide bonds. The van der Waals surface area contributed by atoms with Gasteiger partial charge in [0.05, 0.1) is 28.0 Å². The van der Waals surface area contributed by atoms with Crippen molar-refractivity contribution in [1.82, 2.24) is 29.9 Å². The standard InChI is InChI=1S/C25H25F3N6O/c1-14-19(16(3)34(32-14)18-7-5-4-6-8-18)12-29-22(35)13-33-24-23(15(2)31-33)20(25(26,27)28)11-21(30-24)17-9-10-17/h4-8,11,17H,9-10,12-13H2,1-3H3,(H,29,35). The van der Waals surface area contributed by atoms with Crippen molar-refractivity contribution in [2.45, 2.75) is 58.8 Å². The average Bonchev–Trinajstić information content (AvgIpc) is 3.57. The van der Waals surface area contributed by atoms with Crippen molar-refractivity contribution in [2.75, 3.05) is 0 Å². The van der Waals surface area contributed by atoms with E-state index in [0.29, 0.717) is 5.69 Å². The Kier molecular flexibility index (Phi) is 5.61. The maximum Gasteiger partial charge on any atom is 0.417 e. The number of alkyl halides is 3. The second-order valence-corrected chi connectivity index (χ2v) is 8.98. The molecule has 10 heteroatoms. The first-order valence-corrected chi connectivity index (χ1v) is 11.5. The zero-order valence-corrected chi connectivity index (χ0v) is 19.6. The van der Waals surface area contributed by atoms with Crippen LogP contribution in [0.2, 0.25) is 0 Å². The number of fused-ring (bicyclic) bond motifs is 1. The Bertz CT molecular complexity index is 1420. The molecule has 1 aliphatic rings. The smallest absolute Gasteiger partial charge is 0.350 e. The number of nitrogens with zero attached hydrogens (tertiary/aromatic N) is 5. The summed E-state index contributed by atoms with van der Waals surface area (Å²) in [6.07, 6.45) is -2.89. The van der Waals surface area contributed by atoms with E-state index in [1.807, 2.05) is 48.9 Å². The Morgan fingerprint density at radius 2 is 1.80 bits per heavy atom. The number of carbonyl (C=O) groups excluding carboxylic acids is 1. The normalized spacial score (nSPS) is 14.0. The van der Waals surface area contributed by atoms with E-state index >= 15 is 0 Å². The second-order valence-electron chi connectivity index (χ2n) is 8.98. The number of benzene rings is 1. The quantitative estimate of drug-likeness (QED) is 0.430. The summed E-state index contributed by atoms with van der Waals surface area (Å²) in [7, 11) is 0. The first kappa shape index (κ1) is 23.1. The van der Waals surface area contributed by atoms with Crippen LogP contribution in [0.3, 0.4) is 0 Å². The number of pyridine rings is 1. The molecule has 3 aromatic heterocycles. The van der Waals surface area contributed by atoms with Crippen LogP contribution in [0.25, 0.3) is 16.7 Å². The predicted octanol–water partition coefficient (Wildman–Crippen LogP) is 4.75. The Labute approximate surface area is 200 Å². The summed E-state index contributed by atoms with van der Waals surface area (Å²) < 4.78 is 44.5. The van der Waals surface area contributed by atoms with E-state index in [4.69, 9.17) is 0 Å². The number of carbonyl (C=O) groups is 1. The molecule has 5 rings (SSSR count). The maximum absolute atomic E-state index is 13.8. The molecule has 0 aliphatic heterocycles. The highest BCUT2D eigenvalue weighted by Gasteiger charge is 2.37. The van der Waals surface area contributed by atoms with Crippen LogP contribution in [0.15, 0.2) is 36.4 Å². The molecule has 3 heterocycles. The third-order valence-corrected chi connectivity index (χ3v) is 6.40. The molecule has 4 aromatic rings. The first-order valence-electron chi connectivity index (χ1n) is 11.5. The van der Waals surface area contributed by atoms with Gasteiger partial charge >= 0.3 is 6.18 Å². The highest BCUT2D eigenvalue weighted by molar-refractivity contribution is 5.85. The average molecular weight is 483 g/mol. The zero-order valence-electron chi connectivity index (χ0n) is 19.6. The number of nitrogens with one attached hydrogen (secondary N) is 1. The molecule has 1 fully saturated rings. The fourth-order valence-corrected chi connectivity index (χ4v) is 4.43. The van der Waals surface area contributed by atoms with E-state index in [1.54, 1.807) is 0 Å². The van der Waals surface area contributed by atoms with Crippen LogP contribution >= 0.6 is 0 Å². The van der Waals surface area contributed by atoms with Gasteiger partial charge in [0, 0.05) is 29.4 Å². The molecule has 0 spiro atoms. The van der Waals surface area contributed by atoms with Gasteiger partial charge in [-0.25, -0.2) is 14.3 Å². The number of hydrogen-bond donors (Lipinski definition) is 1. The van der Waals surface area contributed by atoms with Crippen LogP contribution in [0, 0.1) is 20.8 Å². The monoisotopic (exact) mass is 482 g/mol. The molecule has 7 nitrogen and oxygen atoms in total. The molecule has 0 radical (unpaired) electrons. The summed E-state index contributed by atoms with van der Waals surface area (Å²) in [6.45, 7) is 5.33. The summed E-state index contributed by atoms with van der Waals surface area (Å²) in [6, 6.07) is 10.8. The molecule has 0 saturated heterocycles. The van der Waals surface area contributed by atoms with Crippen molar-refractivity contribution in [3.05, 3.63) is 70.3 Å². The van der Waals surface area contributed by atoms with Gasteiger partial charge in [0.1, 0.15) is 6.54 Å². The van der Waals surface area contributed by atoms with Crippen molar-refractivity contribution in [3.8, 4) is 5.69 Å². The SMILES string of the molecule is Cc1nn(-c2ccccc2)c(C)c1CNC(=O)Cn1nc(C)c2c(C(F)(F)F)cc(C3CC3)nc21. The highest BCUT2D eigenvalue weighted by atomic mass is 19.4. The summed E-state index contributed by atoms with van der Waals surface area (Å²) in [4.78, 5) is 17.3. The fourth-order valence-electron chi connectivity index (χ4n) is 4.43. The number of aryl methyl sites for hydroxylation is 2. The summed E-state index contributed by atoms with van der Waals surface area (Å²) in [5, 5.41) is 11.6. The number of amides is 1. The summed E-state index contributed by atoms with van der Waals surface area (Å²) >= 11 is 0. The Morgan fingerprint density at radius 3 is 2.46 bits per heavy atom. The van der Waals surface area contributed by atoms with Gasteiger partial charge in [-0.15, -0.1) is 0 Å². The topological polar surface area (TPSA) is 77.6 Å². The lowest BCUT2D eigenvalue weighted by Crippen LogP contribution is -2.28. The minimum Gasteiger partial charge on any atom is -0.350 e. The lowest BCUT2D eigenvalue weighted by Gasteiger charge is -2.11. The molecule has 0 unspecified atom stereocenters. The van der Waals surface area contributed by atoms with Gasteiger partial charge in [-0.05, 0) is 51.8 Å². The van der Waals surface area contributed by atoms with Crippen molar-refractivity contribution in [1.29, 1.82) is 0 Å². The molecule has 182 valence electrons. The Hall–Kier alpha value is -3.69. The fraction of sp³-hybridized carbons (Fsp3) is 0.360. The number of hydrogen-bond acceptors (Lipinski definition) is 4. The van der Waals surface area contributed by atoms with Gasteiger partial charge in [0.2, 0.25) is 5.91 Å². The molecule has 1 saturated carbocycles. The lowest BCUT2D eigenvalue weighted by molar-refractivity contribution is -0.136. The summed E-state index contributed by atoms with van der Waals surface area (Å²) in [5.41, 5.74) is 3.46. The molecule has 1 aliphatic carbocycles. The molecule has 0 atom stereocenters. The van der Waals surface area contributed by atoms with E-state index in [1.165, 1.54) is 11.6 Å². The van der Waals surface area contributed by atoms with Gasteiger partial charge in [-0.1, -0.05) is 18.2 Å². The van der Waals surface area contributed by atoms with Crippen LogP contribution in [0.4, 0.5) is 13.2 Å². The van der Waals surface area contributed by atoms with Crippen molar-refractivity contribution in [3.63, 3.8) is 0 Å². The largest absolute Gasteiger partial charge is 0.417 e. The second kappa shape index (κ2) is 8.51. The van der Waals surface area contributed by atoms with Gasteiger partial charge < -0.3 is 5.32 Å². The van der Waals surface area contributed by atoms with Gasteiger partial charge in [-0.2, -0.15) is 23.4 Å². The van der Waals surface area contributed by atoms with E-state index in [9.17, 15) is 18.0 Å². The molecule has 35 heavy (non-hydrogen) atoms. The van der Waals surface area contributed by atoms with E-state index < -0.39 is 11.7 Å². The summed E-state index contributed by atoms with van der Waals surface area (Å²) in [5.74, 6) is -0.335. The molecule has 1 aromatic carbocycles. The van der Waals surface area contributed by atoms with Crippen LogP contribution in [-0.2, 0) is 24.1 Å². The molecular formula is C25H25F3N6O. The number of halogens is 3.